The number of fused-ring (bicyclic) bond motifs is 1. The lowest BCUT2D eigenvalue weighted by Crippen LogP contribution is -2.33. The lowest BCUT2D eigenvalue weighted by molar-refractivity contribution is 0.0945. The Morgan fingerprint density at radius 3 is 3.06 bits per heavy atom. The standard InChI is InChI=1S/C13H14N4O/c1-17-12(8-15-16-17)13(18)11-7-14-6-9-4-2-3-5-10(9)11/h2-5,8,11,14H,6-7H2,1H3. The minimum absolute atomic E-state index is 0.0714. The molecule has 0 saturated carbocycles. The van der Waals surface area contributed by atoms with Gasteiger partial charge in [0.25, 0.3) is 0 Å². The molecule has 1 aromatic carbocycles. The van der Waals surface area contributed by atoms with Crippen LogP contribution in [0.25, 0.3) is 0 Å². The van der Waals surface area contributed by atoms with Crippen molar-refractivity contribution in [2.45, 2.75) is 12.5 Å². The van der Waals surface area contributed by atoms with Crippen molar-refractivity contribution in [2.75, 3.05) is 6.54 Å². The molecule has 18 heavy (non-hydrogen) atoms. The second kappa shape index (κ2) is 4.34. The number of nitrogens with zero attached hydrogens (tertiary/aromatic N) is 3. The van der Waals surface area contributed by atoms with Gasteiger partial charge in [-0.25, -0.2) is 4.68 Å². The van der Waals surface area contributed by atoms with E-state index in [1.165, 1.54) is 16.4 Å². The first kappa shape index (κ1) is 11.1. The first-order valence-electron chi connectivity index (χ1n) is 5.95. The average molecular weight is 242 g/mol. The summed E-state index contributed by atoms with van der Waals surface area (Å²) >= 11 is 0. The van der Waals surface area contributed by atoms with Crippen LogP contribution >= 0.6 is 0 Å². The summed E-state index contributed by atoms with van der Waals surface area (Å²) in [6, 6.07) is 8.07. The SMILES string of the molecule is Cn1nncc1C(=O)C1CNCc2ccccc21. The zero-order chi connectivity index (χ0) is 12.5. The molecule has 1 unspecified atom stereocenters. The van der Waals surface area contributed by atoms with Crippen LogP contribution in [0.2, 0.25) is 0 Å². The molecule has 3 rings (SSSR count). The topological polar surface area (TPSA) is 59.8 Å². The third kappa shape index (κ3) is 1.73. The first-order valence-corrected chi connectivity index (χ1v) is 5.95. The van der Waals surface area contributed by atoms with Crippen molar-refractivity contribution in [1.82, 2.24) is 20.3 Å². The van der Waals surface area contributed by atoms with Gasteiger partial charge in [0.1, 0.15) is 5.69 Å². The van der Waals surface area contributed by atoms with Gasteiger partial charge in [0.2, 0.25) is 0 Å². The van der Waals surface area contributed by atoms with Gasteiger partial charge in [-0.1, -0.05) is 29.5 Å². The fourth-order valence-corrected chi connectivity index (χ4v) is 2.42. The van der Waals surface area contributed by atoms with Crippen LogP contribution in [-0.4, -0.2) is 27.3 Å². The minimum Gasteiger partial charge on any atom is -0.312 e. The largest absolute Gasteiger partial charge is 0.312 e. The number of nitrogens with one attached hydrogen (secondary N) is 1. The summed E-state index contributed by atoms with van der Waals surface area (Å²) in [5, 5.41) is 10.9. The van der Waals surface area contributed by atoms with E-state index in [-0.39, 0.29) is 11.7 Å². The normalized spacial score (nSPS) is 18.4. The molecule has 0 fully saturated rings. The summed E-state index contributed by atoms with van der Waals surface area (Å²) in [6.07, 6.45) is 1.53. The highest BCUT2D eigenvalue weighted by atomic mass is 16.1. The number of aromatic nitrogens is 3. The maximum absolute atomic E-state index is 12.5. The highest BCUT2D eigenvalue weighted by Crippen LogP contribution is 2.26. The summed E-state index contributed by atoms with van der Waals surface area (Å²) < 4.78 is 1.53. The molecule has 1 aromatic heterocycles. The molecule has 0 spiro atoms. The van der Waals surface area contributed by atoms with Crippen molar-refractivity contribution in [2.24, 2.45) is 7.05 Å². The molecule has 0 bridgehead atoms. The van der Waals surface area contributed by atoms with Gasteiger partial charge in [0, 0.05) is 20.1 Å². The predicted molar refractivity (Wildman–Crippen MR) is 66.2 cm³/mol. The molecule has 0 radical (unpaired) electrons. The van der Waals surface area contributed by atoms with E-state index >= 15 is 0 Å². The van der Waals surface area contributed by atoms with Crippen molar-refractivity contribution in [3.63, 3.8) is 0 Å². The van der Waals surface area contributed by atoms with Crippen LogP contribution in [-0.2, 0) is 13.6 Å². The van der Waals surface area contributed by atoms with Gasteiger partial charge in [-0.2, -0.15) is 0 Å². The minimum atomic E-state index is -0.146. The molecule has 0 aliphatic carbocycles. The lowest BCUT2D eigenvalue weighted by Gasteiger charge is -2.25. The van der Waals surface area contributed by atoms with Gasteiger partial charge < -0.3 is 5.32 Å². The molecule has 1 aliphatic heterocycles. The van der Waals surface area contributed by atoms with Crippen LogP contribution in [0.1, 0.15) is 27.5 Å². The van der Waals surface area contributed by atoms with Crippen LogP contribution < -0.4 is 5.32 Å². The first-order chi connectivity index (χ1) is 8.77. The predicted octanol–water partition coefficient (Wildman–Crippen LogP) is 0.885. The molecule has 1 aliphatic rings. The third-order valence-electron chi connectivity index (χ3n) is 3.38. The number of Topliss-reactive ketones (excluding diaryl/α,β-unsaturated/α-hetero) is 1. The van der Waals surface area contributed by atoms with Crippen molar-refractivity contribution in [1.29, 1.82) is 0 Å². The fraction of sp³-hybridized carbons (Fsp3) is 0.308. The molecular weight excluding hydrogens is 228 g/mol. The van der Waals surface area contributed by atoms with Gasteiger partial charge in [0.05, 0.1) is 12.1 Å². The Labute approximate surface area is 105 Å². The van der Waals surface area contributed by atoms with Gasteiger partial charge in [-0.3, -0.25) is 4.79 Å². The number of carbonyl (C=O) groups is 1. The number of carbonyl (C=O) groups excluding carboxylic acids is 1. The summed E-state index contributed by atoms with van der Waals surface area (Å²) in [7, 11) is 1.74. The van der Waals surface area contributed by atoms with Crippen LogP contribution in [0, 0.1) is 0 Å². The summed E-state index contributed by atoms with van der Waals surface area (Å²) in [5.74, 6) is -0.0747. The van der Waals surface area contributed by atoms with E-state index in [4.69, 9.17) is 0 Å². The number of benzene rings is 1. The molecule has 5 heteroatoms. The number of ketones is 1. The molecule has 5 nitrogen and oxygen atoms in total. The van der Waals surface area contributed by atoms with E-state index in [2.05, 4.69) is 21.7 Å². The molecule has 0 amide bonds. The molecule has 1 atom stereocenters. The summed E-state index contributed by atoms with van der Waals surface area (Å²) in [6.45, 7) is 1.49. The van der Waals surface area contributed by atoms with Gasteiger partial charge in [0.15, 0.2) is 5.78 Å². The Balaban J connectivity index is 2.00. The lowest BCUT2D eigenvalue weighted by atomic mass is 9.87. The van der Waals surface area contributed by atoms with Gasteiger partial charge in [-0.05, 0) is 11.1 Å². The maximum Gasteiger partial charge on any atom is 0.191 e. The highest BCUT2D eigenvalue weighted by molar-refractivity contribution is 5.99. The summed E-state index contributed by atoms with van der Waals surface area (Å²) in [5.41, 5.74) is 2.86. The van der Waals surface area contributed by atoms with E-state index in [1.54, 1.807) is 7.05 Å². The smallest absolute Gasteiger partial charge is 0.191 e. The Hall–Kier alpha value is -2.01. The maximum atomic E-state index is 12.5. The monoisotopic (exact) mass is 242 g/mol. The van der Waals surface area contributed by atoms with Crippen LogP contribution in [0.3, 0.4) is 0 Å². The Kier molecular flexibility index (Phi) is 2.68. The Morgan fingerprint density at radius 2 is 2.28 bits per heavy atom. The van der Waals surface area contributed by atoms with Crippen molar-refractivity contribution >= 4 is 5.78 Å². The van der Waals surface area contributed by atoms with Crippen molar-refractivity contribution in [3.05, 3.63) is 47.3 Å². The number of aryl methyl sites for hydroxylation is 1. The van der Waals surface area contributed by atoms with E-state index in [0.717, 1.165) is 12.1 Å². The molecule has 2 heterocycles. The second-order valence-corrected chi connectivity index (χ2v) is 4.49. The molecule has 2 aromatic rings. The third-order valence-corrected chi connectivity index (χ3v) is 3.38. The molecule has 1 N–H and O–H groups in total. The van der Waals surface area contributed by atoms with Crippen LogP contribution in [0.5, 0.6) is 0 Å². The molecule has 0 saturated heterocycles. The zero-order valence-corrected chi connectivity index (χ0v) is 10.1. The molecule has 92 valence electrons. The fourth-order valence-electron chi connectivity index (χ4n) is 2.42. The Bertz CT molecular complexity index is 590. The average Bonchev–Trinajstić information content (AvgIpc) is 2.83. The van der Waals surface area contributed by atoms with Gasteiger partial charge in [-0.15, -0.1) is 5.10 Å². The van der Waals surface area contributed by atoms with E-state index < -0.39 is 0 Å². The number of rotatable bonds is 2. The molecular formula is C13H14N4O. The highest BCUT2D eigenvalue weighted by Gasteiger charge is 2.28. The number of hydrogen-bond donors (Lipinski definition) is 1. The van der Waals surface area contributed by atoms with E-state index in [9.17, 15) is 4.79 Å². The quantitative estimate of drug-likeness (QED) is 0.794. The second-order valence-electron chi connectivity index (χ2n) is 4.49. The van der Waals surface area contributed by atoms with Crippen LogP contribution in [0.4, 0.5) is 0 Å². The van der Waals surface area contributed by atoms with Crippen molar-refractivity contribution < 1.29 is 4.79 Å². The number of hydrogen-bond acceptors (Lipinski definition) is 4. The Morgan fingerprint density at radius 1 is 1.44 bits per heavy atom. The zero-order valence-electron chi connectivity index (χ0n) is 10.1. The van der Waals surface area contributed by atoms with E-state index in [0.29, 0.717) is 12.2 Å². The van der Waals surface area contributed by atoms with Crippen molar-refractivity contribution in [3.8, 4) is 0 Å². The van der Waals surface area contributed by atoms with Gasteiger partial charge >= 0.3 is 0 Å². The van der Waals surface area contributed by atoms with Crippen LogP contribution in [0.15, 0.2) is 30.5 Å². The summed E-state index contributed by atoms with van der Waals surface area (Å²) in [4.78, 5) is 12.5. The van der Waals surface area contributed by atoms with E-state index in [1.807, 2.05) is 18.2 Å².